The molecule has 2 fully saturated rings. The third-order valence-electron chi connectivity index (χ3n) is 5.34. The van der Waals surface area contributed by atoms with E-state index in [-0.39, 0.29) is 24.0 Å². The number of hydrogen-bond acceptors (Lipinski definition) is 3. The van der Waals surface area contributed by atoms with Crippen LogP contribution >= 0.6 is 35.3 Å². The molecule has 0 bridgehead atoms. The van der Waals surface area contributed by atoms with Gasteiger partial charge in [-0.3, -0.25) is 0 Å². The average Bonchev–Trinajstić information content (AvgIpc) is 3.16. The Morgan fingerprint density at radius 1 is 1.42 bits per heavy atom. The predicted octanol–water partition coefficient (Wildman–Crippen LogP) is 3.71. The summed E-state index contributed by atoms with van der Waals surface area (Å²) in [5.41, 5.74) is -0.381. The molecule has 0 radical (unpaired) electrons. The molecule has 0 amide bonds. The number of nitrogens with one attached hydrogen (secondary N) is 2. The van der Waals surface area contributed by atoms with Crippen LogP contribution in [0.4, 0.5) is 0 Å². The Bertz CT molecular complexity index is 536. The van der Waals surface area contributed by atoms with E-state index in [1.54, 1.807) is 11.3 Å². The molecule has 1 atom stereocenters. The van der Waals surface area contributed by atoms with Crippen LogP contribution in [-0.2, 0) is 5.60 Å². The number of thiophene rings is 1. The van der Waals surface area contributed by atoms with Crippen LogP contribution in [-0.4, -0.2) is 30.7 Å². The molecule has 0 saturated heterocycles. The fourth-order valence-corrected chi connectivity index (χ4v) is 4.33. The maximum absolute atomic E-state index is 10.6. The van der Waals surface area contributed by atoms with Gasteiger partial charge in [0.2, 0.25) is 0 Å². The Morgan fingerprint density at radius 2 is 2.17 bits per heavy atom. The second-order valence-corrected chi connectivity index (χ2v) is 8.24. The van der Waals surface area contributed by atoms with Gasteiger partial charge in [-0.05, 0) is 62.3 Å². The molecule has 24 heavy (non-hydrogen) atoms. The SMILES string of the molecule is CCNC(=NCC(C)(O)c1cccs1)NCC1(C2CC2)CCC1.I. The molecule has 1 aromatic rings. The van der Waals surface area contributed by atoms with Crippen LogP contribution in [0.3, 0.4) is 0 Å². The summed E-state index contributed by atoms with van der Waals surface area (Å²) in [5, 5.41) is 19.5. The first-order chi connectivity index (χ1) is 11.1. The summed E-state index contributed by atoms with van der Waals surface area (Å²) in [5.74, 6) is 1.76. The number of halogens is 1. The van der Waals surface area contributed by atoms with Crippen LogP contribution in [0, 0.1) is 11.3 Å². The van der Waals surface area contributed by atoms with E-state index in [2.05, 4.69) is 22.5 Å². The van der Waals surface area contributed by atoms with Gasteiger partial charge >= 0.3 is 0 Å². The van der Waals surface area contributed by atoms with E-state index in [1.807, 2.05) is 24.4 Å². The van der Waals surface area contributed by atoms with Crippen LogP contribution in [0.5, 0.6) is 0 Å². The zero-order valence-electron chi connectivity index (χ0n) is 14.7. The normalized spacial score (nSPS) is 22.0. The monoisotopic (exact) mass is 463 g/mol. The highest BCUT2D eigenvalue weighted by atomic mass is 127. The maximum Gasteiger partial charge on any atom is 0.191 e. The molecule has 0 aromatic carbocycles. The van der Waals surface area contributed by atoms with E-state index >= 15 is 0 Å². The molecule has 2 saturated carbocycles. The molecule has 3 rings (SSSR count). The molecular weight excluding hydrogens is 433 g/mol. The average molecular weight is 463 g/mol. The Hall–Kier alpha value is -0.340. The first-order valence-electron chi connectivity index (χ1n) is 8.84. The Morgan fingerprint density at radius 3 is 2.67 bits per heavy atom. The maximum atomic E-state index is 10.6. The predicted molar refractivity (Wildman–Crippen MR) is 112 cm³/mol. The number of guanidine groups is 1. The topological polar surface area (TPSA) is 56.7 Å². The lowest BCUT2D eigenvalue weighted by molar-refractivity contribution is 0.0709. The molecule has 136 valence electrons. The van der Waals surface area contributed by atoms with Crippen molar-refractivity contribution in [1.29, 1.82) is 0 Å². The van der Waals surface area contributed by atoms with Gasteiger partial charge in [0.1, 0.15) is 5.60 Å². The van der Waals surface area contributed by atoms with E-state index < -0.39 is 5.60 Å². The van der Waals surface area contributed by atoms with Crippen LogP contribution < -0.4 is 10.6 Å². The summed E-state index contributed by atoms with van der Waals surface area (Å²) in [4.78, 5) is 5.60. The van der Waals surface area contributed by atoms with E-state index in [9.17, 15) is 5.11 Å². The standard InChI is InChI=1S/C18H29N3OS.HI/c1-3-19-16(20-12-17(2,22)15-6-4-11-23-15)21-13-18(9-5-10-18)14-7-8-14;/h4,6,11,14,22H,3,5,7-10,12-13H2,1-2H3,(H2,19,20,21);1H. The van der Waals surface area contributed by atoms with Crippen molar-refractivity contribution >= 4 is 41.3 Å². The molecule has 4 nitrogen and oxygen atoms in total. The van der Waals surface area contributed by atoms with Crippen molar-refractivity contribution < 1.29 is 5.11 Å². The lowest BCUT2D eigenvalue weighted by atomic mass is 9.65. The van der Waals surface area contributed by atoms with Crippen molar-refractivity contribution in [2.45, 2.75) is 51.6 Å². The first kappa shape index (κ1) is 20.0. The third-order valence-corrected chi connectivity index (χ3v) is 6.46. The van der Waals surface area contributed by atoms with Crippen molar-refractivity contribution in [3.63, 3.8) is 0 Å². The summed E-state index contributed by atoms with van der Waals surface area (Å²) in [6.45, 7) is 6.14. The molecule has 0 spiro atoms. The highest BCUT2D eigenvalue weighted by Crippen LogP contribution is 2.56. The van der Waals surface area contributed by atoms with Crippen molar-refractivity contribution in [1.82, 2.24) is 10.6 Å². The fourth-order valence-electron chi connectivity index (χ4n) is 3.55. The fraction of sp³-hybridized carbons (Fsp3) is 0.722. The largest absolute Gasteiger partial charge is 0.383 e. The van der Waals surface area contributed by atoms with Crippen LogP contribution in [0.2, 0.25) is 0 Å². The van der Waals surface area contributed by atoms with Crippen molar-refractivity contribution in [2.75, 3.05) is 19.6 Å². The summed E-state index contributed by atoms with van der Waals surface area (Å²) in [6.07, 6.45) is 6.90. The molecule has 0 aliphatic heterocycles. The highest BCUT2D eigenvalue weighted by molar-refractivity contribution is 14.0. The van der Waals surface area contributed by atoms with Crippen molar-refractivity contribution in [3.05, 3.63) is 22.4 Å². The minimum atomic E-state index is -0.902. The van der Waals surface area contributed by atoms with Gasteiger partial charge in [-0.25, -0.2) is 4.99 Å². The molecule has 1 aromatic heterocycles. The van der Waals surface area contributed by atoms with Crippen molar-refractivity contribution in [2.24, 2.45) is 16.3 Å². The lowest BCUT2D eigenvalue weighted by Gasteiger charge is -2.43. The number of rotatable bonds is 7. The second kappa shape index (κ2) is 8.36. The van der Waals surface area contributed by atoms with E-state index in [1.165, 1.54) is 32.1 Å². The minimum absolute atomic E-state index is 0. The molecule has 1 heterocycles. The molecule has 6 heteroatoms. The number of aliphatic imine (C=N–C) groups is 1. The summed E-state index contributed by atoms with van der Waals surface area (Å²) >= 11 is 1.58. The van der Waals surface area contributed by atoms with Gasteiger partial charge in [-0.2, -0.15) is 0 Å². The first-order valence-corrected chi connectivity index (χ1v) is 9.72. The van der Waals surface area contributed by atoms with Crippen LogP contribution in [0.15, 0.2) is 22.5 Å². The zero-order valence-corrected chi connectivity index (χ0v) is 17.8. The quantitative estimate of drug-likeness (QED) is 0.328. The van der Waals surface area contributed by atoms with E-state index in [0.717, 1.165) is 29.8 Å². The Labute approximate surface area is 166 Å². The number of nitrogens with zero attached hydrogens (tertiary/aromatic N) is 1. The zero-order chi connectivity index (χ0) is 16.3. The van der Waals surface area contributed by atoms with E-state index in [4.69, 9.17) is 0 Å². The van der Waals surface area contributed by atoms with Gasteiger partial charge in [0, 0.05) is 18.0 Å². The molecular formula is C18H30IN3OS. The van der Waals surface area contributed by atoms with Gasteiger partial charge < -0.3 is 15.7 Å². The summed E-state index contributed by atoms with van der Waals surface area (Å²) in [6, 6.07) is 3.94. The van der Waals surface area contributed by atoms with Gasteiger partial charge in [0.05, 0.1) is 6.54 Å². The molecule has 2 aliphatic carbocycles. The number of aliphatic hydroxyl groups is 1. The Kier molecular flexibility index (Phi) is 6.96. The lowest BCUT2D eigenvalue weighted by Crippen LogP contribution is -2.47. The Balaban J connectivity index is 0.00000208. The minimum Gasteiger partial charge on any atom is -0.383 e. The molecule has 1 unspecified atom stereocenters. The van der Waals surface area contributed by atoms with Crippen LogP contribution in [0.1, 0.15) is 50.8 Å². The number of hydrogen-bond donors (Lipinski definition) is 3. The van der Waals surface area contributed by atoms with Gasteiger partial charge in [0.15, 0.2) is 5.96 Å². The van der Waals surface area contributed by atoms with Crippen molar-refractivity contribution in [3.8, 4) is 0 Å². The molecule has 2 aliphatic rings. The van der Waals surface area contributed by atoms with E-state index in [0.29, 0.717) is 12.0 Å². The van der Waals surface area contributed by atoms with Gasteiger partial charge in [0.25, 0.3) is 0 Å². The molecule has 3 N–H and O–H groups in total. The third kappa shape index (κ3) is 4.64. The smallest absolute Gasteiger partial charge is 0.191 e. The highest BCUT2D eigenvalue weighted by Gasteiger charge is 2.48. The van der Waals surface area contributed by atoms with Gasteiger partial charge in [-0.15, -0.1) is 35.3 Å². The second-order valence-electron chi connectivity index (χ2n) is 7.29. The van der Waals surface area contributed by atoms with Crippen LogP contribution in [0.25, 0.3) is 0 Å². The summed E-state index contributed by atoms with van der Waals surface area (Å²) < 4.78 is 0. The summed E-state index contributed by atoms with van der Waals surface area (Å²) in [7, 11) is 0. The van der Waals surface area contributed by atoms with Gasteiger partial charge in [-0.1, -0.05) is 12.5 Å².